The first-order chi connectivity index (χ1) is 18.7. The van der Waals surface area contributed by atoms with Gasteiger partial charge in [-0.15, -0.1) is 13.2 Å². The van der Waals surface area contributed by atoms with E-state index < -0.39 is 6.36 Å². The van der Waals surface area contributed by atoms with Gasteiger partial charge < -0.3 is 15.0 Å². The van der Waals surface area contributed by atoms with Gasteiger partial charge in [0.15, 0.2) is 0 Å². The summed E-state index contributed by atoms with van der Waals surface area (Å²) in [6, 6.07) is 18.3. The van der Waals surface area contributed by atoms with E-state index in [0.717, 1.165) is 59.7 Å². The van der Waals surface area contributed by atoms with Crippen molar-refractivity contribution in [3.05, 3.63) is 94.9 Å². The van der Waals surface area contributed by atoms with Gasteiger partial charge in [0.2, 0.25) is 0 Å². The molecular weight excluding hydrogens is 505 g/mol. The number of piperidine rings is 1. The third-order valence-electron chi connectivity index (χ3n) is 7.22. The Kier molecular flexibility index (Phi) is 7.50. The smallest absolute Gasteiger partial charge is 0.406 e. The standard InChI is InChI=1S/C30H31F3N4O2/c1-3-26-28(37-19-20(2)4-13-27(37)35-26)29(38)34-18-21-5-9-24(10-6-21)36-16-14-23(15-17-36)22-7-11-25(12-8-22)39-30(31,32)33/h4-13,19,23H,3,14-18H2,1-2H3,(H,34,38). The van der Waals surface area contributed by atoms with Crippen molar-refractivity contribution in [2.45, 2.75) is 51.9 Å². The van der Waals surface area contributed by atoms with Gasteiger partial charge in [-0.3, -0.25) is 9.20 Å². The van der Waals surface area contributed by atoms with Crippen LogP contribution in [0, 0.1) is 6.92 Å². The highest BCUT2D eigenvalue weighted by atomic mass is 19.4. The summed E-state index contributed by atoms with van der Waals surface area (Å²) in [7, 11) is 0. The molecule has 4 aromatic rings. The summed E-state index contributed by atoms with van der Waals surface area (Å²) in [5.74, 6) is -0.0411. The summed E-state index contributed by atoms with van der Waals surface area (Å²) >= 11 is 0. The largest absolute Gasteiger partial charge is 0.573 e. The third-order valence-corrected chi connectivity index (χ3v) is 7.22. The maximum Gasteiger partial charge on any atom is 0.573 e. The highest BCUT2D eigenvalue weighted by Gasteiger charge is 2.31. The van der Waals surface area contributed by atoms with Crippen LogP contribution in [-0.4, -0.2) is 34.7 Å². The molecule has 3 heterocycles. The van der Waals surface area contributed by atoms with Crippen LogP contribution in [0.25, 0.3) is 5.65 Å². The SMILES string of the molecule is CCc1nc2ccc(C)cn2c1C(=O)NCc1ccc(N2CCC(c3ccc(OC(F)(F)F)cc3)CC2)cc1. The lowest BCUT2D eigenvalue weighted by atomic mass is 9.89. The van der Waals surface area contributed by atoms with E-state index in [1.807, 2.05) is 48.7 Å². The number of nitrogens with zero attached hydrogens (tertiary/aromatic N) is 3. The number of aromatic nitrogens is 2. The van der Waals surface area contributed by atoms with Crippen molar-refractivity contribution in [3.8, 4) is 5.75 Å². The first-order valence-corrected chi connectivity index (χ1v) is 13.2. The molecule has 1 saturated heterocycles. The number of rotatable bonds is 7. The van der Waals surface area contributed by atoms with Gasteiger partial charge in [0.25, 0.3) is 5.91 Å². The van der Waals surface area contributed by atoms with E-state index in [-0.39, 0.29) is 11.7 Å². The summed E-state index contributed by atoms with van der Waals surface area (Å²) in [5.41, 5.74) is 6.34. The quantitative estimate of drug-likeness (QED) is 0.296. The van der Waals surface area contributed by atoms with Gasteiger partial charge in [0.05, 0.1) is 5.69 Å². The Morgan fingerprint density at radius 2 is 1.72 bits per heavy atom. The van der Waals surface area contributed by atoms with Gasteiger partial charge in [-0.05, 0) is 79.1 Å². The summed E-state index contributed by atoms with van der Waals surface area (Å²) < 4.78 is 43.0. The van der Waals surface area contributed by atoms with Crippen molar-refractivity contribution in [2.75, 3.05) is 18.0 Å². The van der Waals surface area contributed by atoms with Gasteiger partial charge in [-0.2, -0.15) is 0 Å². The molecule has 0 atom stereocenters. The number of benzene rings is 2. The zero-order valence-corrected chi connectivity index (χ0v) is 22.0. The molecule has 1 N–H and O–H groups in total. The maximum absolute atomic E-state index is 13.1. The second-order valence-corrected chi connectivity index (χ2v) is 9.92. The number of carbonyl (C=O) groups is 1. The first kappa shape index (κ1) is 26.6. The van der Waals surface area contributed by atoms with Crippen LogP contribution in [0.2, 0.25) is 0 Å². The second-order valence-electron chi connectivity index (χ2n) is 9.92. The normalized spacial score (nSPS) is 14.5. The molecule has 9 heteroatoms. The molecule has 204 valence electrons. The predicted molar refractivity (Wildman–Crippen MR) is 144 cm³/mol. The van der Waals surface area contributed by atoms with Crippen molar-refractivity contribution in [1.29, 1.82) is 0 Å². The fourth-order valence-electron chi connectivity index (χ4n) is 5.19. The van der Waals surface area contributed by atoms with E-state index >= 15 is 0 Å². The number of carbonyl (C=O) groups excluding carboxylic acids is 1. The lowest BCUT2D eigenvalue weighted by Crippen LogP contribution is -2.32. The predicted octanol–water partition coefficient (Wildman–Crippen LogP) is 6.42. The van der Waals surface area contributed by atoms with E-state index in [1.165, 1.54) is 12.1 Å². The van der Waals surface area contributed by atoms with Crippen LogP contribution in [0.5, 0.6) is 5.75 Å². The Labute approximate surface area is 225 Å². The summed E-state index contributed by atoms with van der Waals surface area (Å²) in [4.78, 5) is 20.0. The van der Waals surface area contributed by atoms with Gasteiger partial charge >= 0.3 is 6.36 Å². The molecule has 1 amide bonds. The molecule has 5 rings (SSSR count). The molecule has 0 unspecified atom stereocenters. The van der Waals surface area contributed by atoms with E-state index in [9.17, 15) is 18.0 Å². The lowest BCUT2D eigenvalue weighted by Gasteiger charge is -2.34. The number of amides is 1. The number of imidazole rings is 1. The van der Waals surface area contributed by atoms with Gasteiger partial charge in [-0.1, -0.05) is 37.3 Å². The number of aryl methyl sites for hydroxylation is 2. The Balaban J connectivity index is 1.16. The van der Waals surface area contributed by atoms with Crippen LogP contribution in [0.15, 0.2) is 66.9 Å². The number of alkyl halides is 3. The number of pyridine rings is 1. The number of hydrogen-bond donors (Lipinski definition) is 1. The number of halogens is 3. The van der Waals surface area contributed by atoms with Crippen molar-refractivity contribution in [2.24, 2.45) is 0 Å². The summed E-state index contributed by atoms with van der Waals surface area (Å²) in [5, 5.41) is 3.04. The van der Waals surface area contributed by atoms with E-state index in [1.54, 1.807) is 12.1 Å². The Morgan fingerprint density at radius 3 is 2.36 bits per heavy atom. The van der Waals surface area contributed by atoms with Crippen LogP contribution in [0.1, 0.15) is 58.6 Å². The summed E-state index contributed by atoms with van der Waals surface area (Å²) in [6.07, 6.45) is -0.245. The van der Waals surface area contributed by atoms with Crippen molar-refractivity contribution < 1.29 is 22.7 Å². The van der Waals surface area contributed by atoms with E-state index in [4.69, 9.17) is 0 Å². The molecule has 0 bridgehead atoms. The topological polar surface area (TPSA) is 58.9 Å². The average Bonchev–Trinajstić information content (AvgIpc) is 3.29. The van der Waals surface area contributed by atoms with E-state index in [2.05, 4.69) is 32.1 Å². The Hall–Kier alpha value is -4.01. The minimum atomic E-state index is -4.68. The number of fused-ring (bicyclic) bond motifs is 1. The van der Waals surface area contributed by atoms with Crippen LogP contribution in [-0.2, 0) is 13.0 Å². The molecule has 0 saturated carbocycles. The molecule has 6 nitrogen and oxygen atoms in total. The number of hydrogen-bond acceptors (Lipinski definition) is 4. The van der Waals surface area contributed by atoms with Crippen molar-refractivity contribution in [3.63, 3.8) is 0 Å². The molecule has 2 aromatic heterocycles. The minimum Gasteiger partial charge on any atom is -0.406 e. The fourth-order valence-corrected chi connectivity index (χ4v) is 5.19. The second kappa shape index (κ2) is 11.0. The highest BCUT2D eigenvalue weighted by molar-refractivity contribution is 5.94. The minimum absolute atomic E-state index is 0.144. The molecule has 0 aliphatic carbocycles. The van der Waals surface area contributed by atoms with Crippen LogP contribution >= 0.6 is 0 Å². The van der Waals surface area contributed by atoms with Crippen LogP contribution in [0.4, 0.5) is 18.9 Å². The van der Waals surface area contributed by atoms with Gasteiger partial charge in [0.1, 0.15) is 17.1 Å². The monoisotopic (exact) mass is 536 g/mol. The number of ether oxygens (including phenoxy) is 1. The fraction of sp³-hybridized carbons (Fsp3) is 0.333. The molecule has 1 aliphatic heterocycles. The highest BCUT2D eigenvalue weighted by Crippen LogP contribution is 2.32. The number of nitrogens with one attached hydrogen (secondary N) is 1. The van der Waals surface area contributed by atoms with Gasteiger partial charge in [-0.25, -0.2) is 4.98 Å². The van der Waals surface area contributed by atoms with Crippen LogP contribution in [0.3, 0.4) is 0 Å². The average molecular weight is 537 g/mol. The molecule has 2 aromatic carbocycles. The summed E-state index contributed by atoms with van der Waals surface area (Å²) in [6.45, 7) is 6.11. The molecule has 1 fully saturated rings. The Morgan fingerprint density at radius 1 is 1.03 bits per heavy atom. The lowest BCUT2D eigenvalue weighted by molar-refractivity contribution is -0.274. The van der Waals surface area contributed by atoms with Crippen LogP contribution < -0.4 is 15.0 Å². The maximum atomic E-state index is 13.1. The zero-order chi connectivity index (χ0) is 27.6. The molecule has 0 spiro atoms. The first-order valence-electron chi connectivity index (χ1n) is 13.2. The van der Waals surface area contributed by atoms with Crippen molar-refractivity contribution >= 4 is 17.2 Å². The molecule has 0 radical (unpaired) electrons. The van der Waals surface area contributed by atoms with E-state index in [0.29, 0.717) is 24.6 Å². The zero-order valence-electron chi connectivity index (χ0n) is 22.0. The molecule has 1 aliphatic rings. The van der Waals surface area contributed by atoms with Crippen molar-refractivity contribution in [1.82, 2.24) is 14.7 Å². The number of anilines is 1. The Bertz CT molecular complexity index is 1440. The molecule has 39 heavy (non-hydrogen) atoms. The van der Waals surface area contributed by atoms with Gasteiger partial charge in [0, 0.05) is 31.5 Å². The third kappa shape index (κ3) is 6.19. The molecular formula is C30H31F3N4O2.